The van der Waals surface area contributed by atoms with Crippen molar-refractivity contribution in [2.75, 3.05) is 13.1 Å². The van der Waals surface area contributed by atoms with E-state index in [1.807, 2.05) is 0 Å². The lowest BCUT2D eigenvalue weighted by Gasteiger charge is -2.31. The lowest BCUT2D eigenvalue weighted by molar-refractivity contribution is -0.121. The van der Waals surface area contributed by atoms with Crippen LogP contribution in [-0.4, -0.2) is 52.8 Å². The van der Waals surface area contributed by atoms with Crippen molar-refractivity contribution in [2.45, 2.75) is 37.3 Å². The minimum absolute atomic E-state index is 0.00474. The van der Waals surface area contributed by atoms with Gasteiger partial charge in [0.25, 0.3) is 10.0 Å². The van der Waals surface area contributed by atoms with Crippen LogP contribution in [0.25, 0.3) is 0 Å². The van der Waals surface area contributed by atoms with Crippen molar-refractivity contribution >= 4 is 31.9 Å². The van der Waals surface area contributed by atoms with E-state index in [0.717, 1.165) is 0 Å². The number of nitrogens with one attached hydrogen (secondary N) is 1. The molecule has 0 aliphatic carbocycles. The molecule has 0 aromatic carbocycles. The molecule has 1 aromatic heterocycles. The van der Waals surface area contributed by atoms with Crippen LogP contribution in [0.2, 0.25) is 0 Å². The van der Waals surface area contributed by atoms with Gasteiger partial charge in [-0.2, -0.15) is 4.31 Å². The number of halogens is 1. The van der Waals surface area contributed by atoms with Crippen LogP contribution in [0, 0.1) is 0 Å². The Morgan fingerprint density at radius 1 is 1.43 bits per heavy atom. The Kier molecular flexibility index (Phi) is 4.99. The van der Waals surface area contributed by atoms with Crippen LogP contribution in [0.4, 0.5) is 0 Å². The fraction of sp³-hybridized carbons (Fsp3) is 0.727. The van der Waals surface area contributed by atoms with Crippen LogP contribution in [0.3, 0.4) is 0 Å². The van der Waals surface area contributed by atoms with Crippen LogP contribution < -0.4 is 5.32 Å². The van der Waals surface area contributed by atoms with E-state index in [-0.39, 0.29) is 21.6 Å². The number of aromatic nitrogens is 3. The van der Waals surface area contributed by atoms with Crippen LogP contribution >= 0.6 is 15.9 Å². The number of nitrogens with zero attached hydrogens (tertiary/aromatic N) is 4. The standard InChI is InChI=1S/C11H18BrN5O3S/c1-3-9(18)13-8-4-6-17(7-5-8)21(19,20)11-10(12)14-15-16(11)2/h8H,3-7H2,1-2H3,(H,13,18). The molecule has 0 unspecified atom stereocenters. The smallest absolute Gasteiger partial charge is 0.263 e. The summed E-state index contributed by atoms with van der Waals surface area (Å²) in [4.78, 5) is 11.4. The van der Waals surface area contributed by atoms with Crippen LogP contribution in [0.15, 0.2) is 9.63 Å². The fourth-order valence-corrected chi connectivity index (χ4v) is 4.79. The number of carbonyl (C=O) groups is 1. The monoisotopic (exact) mass is 379 g/mol. The van der Waals surface area contributed by atoms with E-state index in [4.69, 9.17) is 0 Å². The molecule has 8 nitrogen and oxygen atoms in total. The van der Waals surface area contributed by atoms with Gasteiger partial charge < -0.3 is 5.32 Å². The number of sulfonamides is 1. The summed E-state index contributed by atoms with van der Waals surface area (Å²) < 4.78 is 28.0. The van der Waals surface area contributed by atoms with Gasteiger partial charge in [0.1, 0.15) is 0 Å². The summed E-state index contributed by atoms with van der Waals surface area (Å²) in [6.07, 6.45) is 1.65. The van der Waals surface area contributed by atoms with Gasteiger partial charge in [0.05, 0.1) is 0 Å². The summed E-state index contributed by atoms with van der Waals surface area (Å²) in [7, 11) is -2.09. The average molecular weight is 380 g/mol. The van der Waals surface area contributed by atoms with Gasteiger partial charge in [0, 0.05) is 32.6 Å². The zero-order valence-electron chi connectivity index (χ0n) is 11.9. The van der Waals surface area contributed by atoms with E-state index < -0.39 is 10.0 Å². The van der Waals surface area contributed by atoms with E-state index in [1.165, 1.54) is 8.99 Å². The maximum atomic E-state index is 12.6. The molecule has 0 spiro atoms. The van der Waals surface area contributed by atoms with Crippen molar-refractivity contribution in [3.05, 3.63) is 4.60 Å². The number of aryl methyl sites for hydroxylation is 1. The molecule has 1 fully saturated rings. The Morgan fingerprint density at radius 3 is 2.52 bits per heavy atom. The van der Waals surface area contributed by atoms with Gasteiger partial charge in [-0.3, -0.25) is 4.79 Å². The van der Waals surface area contributed by atoms with Crippen molar-refractivity contribution in [1.82, 2.24) is 24.6 Å². The SMILES string of the molecule is CCC(=O)NC1CCN(S(=O)(=O)c2c(Br)nnn2C)CC1. The topological polar surface area (TPSA) is 97.2 Å². The highest BCUT2D eigenvalue weighted by Crippen LogP contribution is 2.24. The number of piperidine rings is 1. The molecule has 21 heavy (non-hydrogen) atoms. The molecule has 1 aliphatic rings. The van der Waals surface area contributed by atoms with Crippen molar-refractivity contribution in [1.29, 1.82) is 0 Å². The van der Waals surface area contributed by atoms with Gasteiger partial charge >= 0.3 is 0 Å². The summed E-state index contributed by atoms with van der Waals surface area (Å²) in [5.74, 6) is -0.00474. The minimum atomic E-state index is -3.63. The van der Waals surface area contributed by atoms with Crippen molar-refractivity contribution < 1.29 is 13.2 Å². The third-order valence-corrected chi connectivity index (χ3v) is 6.25. The highest BCUT2D eigenvalue weighted by molar-refractivity contribution is 9.10. The van der Waals surface area contributed by atoms with Crippen LogP contribution in [-0.2, 0) is 21.9 Å². The average Bonchev–Trinajstić information content (AvgIpc) is 2.79. The third kappa shape index (κ3) is 3.43. The molecule has 2 rings (SSSR count). The van der Waals surface area contributed by atoms with E-state index in [2.05, 4.69) is 31.6 Å². The molecule has 0 saturated carbocycles. The highest BCUT2D eigenvalue weighted by atomic mass is 79.9. The third-order valence-electron chi connectivity index (χ3n) is 3.46. The van der Waals surface area contributed by atoms with Gasteiger partial charge in [-0.25, -0.2) is 13.1 Å². The van der Waals surface area contributed by atoms with Gasteiger partial charge in [-0.05, 0) is 28.8 Å². The number of rotatable bonds is 4. The predicted octanol–water partition coefficient (Wildman–Crippen LogP) is 0.257. The molecule has 118 valence electrons. The van der Waals surface area contributed by atoms with Crippen LogP contribution in [0.1, 0.15) is 26.2 Å². The van der Waals surface area contributed by atoms with Crippen molar-refractivity contribution in [3.8, 4) is 0 Å². The summed E-state index contributed by atoms with van der Waals surface area (Å²) in [6, 6.07) is 0.0389. The number of carbonyl (C=O) groups excluding carboxylic acids is 1. The second-order valence-electron chi connectivity index (χ2n) is 4.91. The van der Waals surface area contributed by atoms with Crippen molar-refractivity contribution in [3.63, 3.8) is 0 Å². The molecule has 1 amide bonds. The Hall–Kier alpha value is -1.00. The maximum Gasteiger partial charge on any atom is 0.263 e. The van der Waals surface area contributed by atoms with E-state index in [0.29, 0.717) is 32.4 Å². The molecule has 1 saturated heterocycles. The molecule has 1 aliphatic heterocycles. The lowest BCUT2D eigenvalue weighted by atomic mass is 10.1. The Morgan fingerprint density at radius 2 is 2.05 bits per heavy atom. The van der Waals surface area contributed by atoms with Gasteiger partial charge in [0.2, 0.25) is 10.9 Å². The van der Waals surface area contributed by atoms with Crippen LogP contribution in [0.5, 0.6) is 0 Å². The van der Waals surface area contributed by atoms with E-state index >= 15 is 0 Å². The first-order valence-corrected chi connectivity index (χ1v) is 8.94. The van der Waals surface area contributed by atoms with Gasteiger partial charge in [-0.1, -0.05) is 12.1 Å². The molecule has 10 heteroatoms. The summed E-state index contributed by atoms with van der Waals surface area (Å²) in [5, 5.41) is 10.4. The molecule has 0 bridgehead atoms. The molecular formula is C11H18BrN5O3S. The maximum absolute atomic E-state index is 12.6. The first kappa shape index (κ1) is 16.4. The summed E-state index contributed by atoms with van der Waals surface area (Å²) in [5.41, 5.74) is 0. The quantitative estimate of drug-likeness (QED) is 0.808. The second kappa shape index (κ2) is 6.41. The van der Waals surface area contributed by atoms with Gasteiger partial charge in [0.15, 0.2) is 4.60 Å². The molecule has 1 aromatic rings. The fourth-order valence-electron chi connectivity index (χ4n) is 2.29. The number of hydrogen-bond donors (Lipinski definition) is 1. The molecule has 1 N–H and O–H groups in total. The summed E-state index contributed by atoms with van der Waals surface area (Å²) >= 11 is 3.12. The number of amides is 1. The Labute approximate surface area is 132 Å². The lowest BCUT2D eigenvalue weighted by Crippen LogP contribution is -2.46. The van der Waals surface area contributed by atoms with Crippen molar-refractivity contribution in [2.24, 2.45) is 7.05 Å². The van der Waals surface area contributed by atoms with Gasteiger partial charge in [-0.15, -0.1) is 5.10 Å². The molecule has 0 radical (unpaired) electrons. The predicted molar refractivity (Wildman–Crippen MR) is 78.9 cm³/mol. The Balaban J connectivity index is 2.07. The molecule has 0 atom stereocenters. The second-order valence-corrected chi connectivity index (χ2v) is 7.51. The Bertz CT molecular complexity index is 602. The first-order valence-electron chi connectivity index (χ1n) is 6.71. The number of hydrogen-bond acceptors (Lipinski definition) is 5. The summed E-state index contributed by atoms with van der Waals surface area (Å²) in [6.45, 7) is 2.53. The zero-order chi connectivity index (χ0) is 15.6. The first-order chi connectivity index (χ1) is 9.86. The molecule has 2 heterocycles. The molecular weight excluding hydrogens is 362 g/mol. The van der Waals surface area contributed by atoms with E-state index in [1.54, 1.807) is 14.0 Å². The van der Waals surface area contributed by atoms with E-state index in [9.17, 15) is 13.2 Å². The normalized spacial score (nSPS) is 17.9. The minimum Gasteiger partial charge on any atom is -0.353 e. The largest absolute Gasteiger partial charge is 0.353 e. The highest BCUT2D eigenvalue weighted by Gasteiger charge is 2.34. The zero-order valence-corrected chi connectivity index (χ0v) is 14.3.